The van der Waals surface area contributed by atoms with Crippen LogP contribution in [0.5, 0.6) is 0 Å². The molecule has 3 nitrogen and oxygen atoms in total. The van der Waals surface area contributed by atoms with Crippen molar-refractivity contribution in [2.24, 2.45) is 16.6 Å². The number of rotatable bonds is 5. The first-order valence-corrected chi connectivity index (χ1v) is 6.49. The fourth-order valence-corrected chi connectivity index (χ4v) is 2.34. The predicted molar refractivity (Wildman–Crippen MR) is 76.6 cm³/mol. The Morgan fingerprint density at radius 1 is 1.39 bits per heavy atom. The number of aliphatic imine (C=N–C) groups is 1. The summed E-state index contributed by atoms with van der Waals surface area (Å²) in [5.41, 5.74) is 7.18. The molecular formula is C15H21N3. The molecule has 0 aliphatic heterocycles. The lowest BCUT2D eigenvalue weighted by atomic mass is 9.71. The fraction of sp³-hybridized carbons (Fsp3) is 0.400. The van der Waals surface area contributed by atoms with Crippen molar-refractivity contribution in [3.63, 3.8) is 0 Å². The van der Waals surface area contributed by atoms with Gasteiger partial charge in [-0.1, -0.05) is 36.4 Å². The summed E-state index contributed by atoms with van der Waals surface area (Å²) in [6, 6.07) is 10.7. The summed E-state index contributed by atoms with van der Waals surface area (Å²) in [7, 11) is 0. The Morgan fingerprint density at radius 3 is 2.78 bits per heavy atom. The Hall–Kier alpha value is -1.77. The molecule has 0 heterocycles. The molecule has 0 saturated heterocycles. The molecule has 1 saturated carbocycles. The molecule has 1 aliphatic carbocycles. The molecule has 1 fully saturated rings. The Balaban J connectivity index is 1.72. The van der Waals surface area contributed by atoms with Gasteiger partial charge in [-0.2, -0.15) is 0 Å². The molecule has 1 aromatic rings. The Bertz CT molecular complexity index is 405. The van der Waals surface area contributed by atoms with Crippen LogP contribution in [-0.4, -0.2) is 19.0 Å². The van der Waals surface area contributed by atoms with E-state index >= 15 is 0 Å². The second-order valence-corrected chi connectivity index (χ2v) is 4.84. The first kappa shape index (κ1) is 12.7. The van der Waals surface area contributed by atoms with Gasteiger partial charge in [-0.3, -0.25) is 4.99 Å². The van der Waals surface area contributed by atoms with Crippen molar-refractivity contribution in [1.29, 1.82) is 0 Å². The van der Waals surface area contributed by atoms with Gasteiger partial charge in [0.2, 0.25) is 0 Å². The quantitative estimate of drug-likeness (QED) is 0.473. The minimum absolute atomic E-state index is 0.526. The van der Waals surface area contributed by atoms with E-state index < -0.39 is 0 Å². The highest BCUT2D eigenvalue weighted by molar-refractivity contribution is 5.77. The molecule has 1 aliphatic rings. The molecule has 0 radical (unpaired) electrons. The van der Waals surface area contributed by atoms with Gasteiger partial charge >= 0.3 is 0 Å². The Morgan fingerprint density at radius 2 is 2.11 bits per heavy atom. The molecule has 96 valence electrons. The van der Waals surface area contributed by atoms with Crippen LogP contribution >= 0.6 is 0 Å². The Kier molecular flexibility index (Phi) is 4.40. The van der Waals surface area contributed by atoms with Gasteiger partial charge in [0.05, 0.1) is 0 Å². The topological polar surface area (TPSA) is 50.4 Å². The van der Waals surface area contributed by atoms with Crippen molar-refractivity contribution in [3.05, 3.63) is 48.6 Å². The zero-order valence-corrected chi connectivity index (χ0v) is 10.7. The molecule has 0 amide bonds. The van der Waals surface area contributed by atoms with E-state index in [-0.39, 0.29) is 0 Å². The van der Waals surface area contributed by atoms with Crippen molar-refractivity contribution in [2.45, 2.75) is 18.8 Å². The van der Waals surface area contributed by atoms with Crippen LogP contribution in [0.2, 0.25) is 0 Å². The SMILES string of the molecule is C=CCNC(N)=NCC1CC(c2ccccc2)C1. The second-order valence-electron chi connectivity index (χ2n) is 4.84. The monoisotopic (exact) mass is 243 g/mol. The third-order valence-corrected chi connectivity index (χ3v) is 3.45. The maximum Gasteiger partial charge on any atom is 0.188 e. The molecule has 1 aromatic carbocycles. The van der Waals surface area contributed by atoms with Gasteiger partial charge < -0.3 is 11.1 Å². The number of hydrogen-bond acceptors (Lipinski definition) is 1. The lowest BCUT2D eigenvalue weighted by Crippen LogP contribution is -2.33. The molecule has 0 unspecified atom stereocenters. The van der Waals surface area contributed by atoms with E-state index in [9.17, 15) is 0 Å². The molecule has 0 aromatic heterocycles. The first-order valence-electron chi connectivity index (χ1n) is 6.49. The summed E-state index contributed by atoms with van der Waals surface area (Å²) < 4.78 is 0. The van der Waals surface area contributed by atoms with Crippen LogP contribution < -0.4 is 11.1 Å². The summed E-state index contributed by atoms with van der Waals surface area (Å²) >= 11 is 0. The summed E-state index contributed by atoms with van der Waals surface area (Å²) in [5.74, 6) is 1.92. The lowest BCUT2D eigenvalue weighted by molar-refractivity contribution is 0.272. The van der Waals surface area contributed by atoms with E-state index in [1.165, 1.54) is 18.4 Å². The van der Waals surface area contributed by atoms with E-state index in [1.54, 1.807) is 6.08 Å². The smallest absolute Gasteiger partial charge is 0.188 e. The van der Waals surface area contributed by atoms with Crippen molar-refractivity contribution >= 4 is 5.96 Å². The summed E-state index contributed by atoms with van der Waals surface area (Å²) in [6.45, 7) is 5.13. The first-order chi connectivity index (χ1) is 8.79. The number of nitrogens with two attached hydrogens (primary N) is 1. The van der Waals surface area contributed by atoms with Crippen LogP contribution in [0.15, 0.2) is 48.0 Å². The van der Waals surface area contributed by atoms with E-state index in [4.69, 9.17) is 5.73 Å². The normalized spacial score (nSPS) is 23.2. The van der Waals surface area contributed by atoms with Crippen LogP contribution in [0.1, 0.15) is 24.3 Å². The average molecular weight is 243 g/mol. The maximum atomic E-state index is 5.72. The average Bonchev–Trinajstić information content (AvgIpc) is 2.35. The molecule has 0 spiro atoms. The third-order valence-electron chi connectivity index (χ3n) is 3.45. The van der Waals surface area contributed by atoms with E-state index in [2.05, 4.69) is 47.2 Å². The highest BCUT2D eigenvalue weighted by Crippen LogP contribution is 2.41. The fourth-order valence-electron chi connectivity index (χ4n) is 2.34. The van der Waals surface area contributed by atoms with Gasteiger partial charge in [-0.15, -0.1) is 6.58 Å². The van der Waals surface area contributed by atoms with Crippen LogP contribution in [-0.2, 0) is 0 Å². The van der Waals surface area contributed by atoms with E-state index in [0.717, 1.165) is 6.54 Å². The van der Waals surface area contributed by atoms with Gasteiger partial charge in [0, 0.05) is 13.1 Å². The summed E-state index contributed by atoms with van der Waals surface area (Å²) in [4.78, 5) is 4.35. The maximum absolute atomic E-state index is 5.72. The van der Waals surface area contributed by atoms with Crippen molar-refractivity contribution in [3.8, 4) is 0 Å². The van der Waals surface area contributed by atoms with Crippen LogP contribution in [0, 0.1) is 5.92 Å². The summed E-state index contributed by atoms with van der Waals surface area (Å²) in [6.07, 6.45) is 4.22. The zero-order valence-electron chi connectivity index (χ0n) is 10.7. The molecule has 3 N–H and O–H groups in total. The van der Waals surface area contributed by atoms with Gasteiger partial charge in [0.1, 0.15) is 0 Å². The van der Waals surface area contributed by atoms with Crippen LogP contribution in [0.3, 0.4) is 0 Å². The minimum atomic E-state index is 0.526. The highest BCUT2D eigenvalue weighted by Gasteiger charge is 2.29. The van der Waals surface area contributed by atoms with E-state index in [0.29, 0.717) is 24.3 Å². The summed E-state index contributed by atoms with van der Waals surface area (Å²) in [5, 5.41) is 2.99. The van der Waals surface area contributed by atoms with Crippen molar-refractivity contribution < 1.29 is 0 Å². The van der Waals surface area contributed by atoms with E-state index in [1.807, 2.05) is 0 Å². The van der Waals surface area contributed by atoms with Gasteiger partial charge in [-0.05, 0) is 30.2 Å². The molecule has 3 heteroatoms. The lowest BCUT2D eigenvalue weighted by Gasteiger charge is -2.34. The highest BCUT2D eigenvalue weighted by atomic mass is 15.1. The number of benzene rings is 1. The molecular weight excluding hydrogens is 222 g/mol. The number of nitrogens with zero attached hydrogens (tertiary/aromatic N) is 1. The second kappa shape index (κ2) is 6.24. The minimum Gasteiger partial charge on any atom is -0.370 e. The standard InChI is InChI=1S/C15H21N3/c1-2-8-17-15(16)18-11-12-9-14(10-12)13-6-4-3-5-7-13/h2-7,12,14H,1,8-11H2,(H3,16,17,18). The molecule has 0 bridgehead atoms. The number of hydrogen-bond donors (Lipinski definition) is 2. The van der Waals surface area contributed by atoms with Gasteiger partial charge in [-0.25, -0.2) is 0 Å². The molecule has 2 rings (SSSR count). The van der Waals surface area contributed by atoms with Gasteiger partial charge in [0.15, 0.2) is 5.96 Å². The van der Waals surface area contributed by atoms with Crippen molar-refractivity contribution in [1.82, 2.24) is 5.32 Å². The van der Waals surface area contributed by atoms with Gasteiger partial charge in [0.25, 0.3) is 0 Å². The zero-order chi connectivity index (χ0) is 12.8. The predicted octanol–water partition coefficient (Wildman–Crippen LogP) is 2.27. The number of nitrogens with one attached hydrogen (secondary N) is 1. The Labute approximate surface area is 109 Å². The number of guanidine groups is 1. The largest absolute Gasteiger partial charge is 0.370 e. The van der Waals surface area contributed by atoms with Crippen molar-refractivity contribution in [2.75, 3.05) is 13.1 Å². The third kappa shape index (κ3) is 3.36. The molecule has 18 heavy (non-hydrogen) atoms. The molecule has 0 atom stereocenters. The van der Waals surface area contributed by atoms with Crippen LogP contribution in [0.4, 0.5) is 0 Å². The van der Waals surface area contributed by atoms with Crippen LogP contribution in [0.25, 0.3) is 0 Å².